The highest BCUT2D eigenvalue weighted by molar-refractivity contribution is 6.34. The van der Waals surface area contributed by atoms with Crippen LogP contribution in [0.5, 0.6) is 0 Å². The second kappa shape index (κ2) is 5.83. The number of carbonyl (C=O) groups excluding carboxylic acids is 1. The summed E-state index contributed by atoms with van der Waals surface area (Å²) in [6.07, 6.45) is 2.28. The predicted octanol–water partition coefficient (Wildman–Crippen LogP) is 4.22. The molecule has 104 valence electrons. The van der Waals surface area contributed by atoms with Crippen molar-refractivity contribution in [2.45, 2.75) is 33.6 Å². The maximum Gasteiger partial charge on any atom is 0.321 e. The molecule has 2 rings (SSSR count). The second-order valence-corrected chi connectivity index (χ2v) is 5.97. The Morgan fingerprint density at radius 3 is 2.79 bits per heavy atom. The maximum atomic E-state index is 12.3. The molecule has 0 aromatic heterocycles. The maximum absolute atomic E-state index is 12.3. The molecule has 3 nitrogen and oxygen atoms in total. The molecule has 1 atom stereocenters. The lowest BCUT2D eigenvalue weighted by Crippen LogP contribution is -2.41. The van der Waals surface area contributed by atoms with Crippen LogP contribution in [0.15, 0.2) is 12.1 Å². The van der Waals surface area contributed by atoms with Crippen LogP contribution in [0, 0.1) is 19.8 Å². The number of halogens is 1. The van der Waals surface area contributed by atoms with E-state index in [0.717, 1.165) is 36.3 Å². The summed E-state index contributed by atoms with van der Waals surface area (Å²) in [6.45, 7) is 7.81. The van der Waals surface area contributed by atoms with Gasteiger partial charge in [-0.3, -0.25) is 0 Å². The molecule has 1 aromatic carbocycles. The van der Waals surface area contributed by atoms with Crippen LogP contribution in [-0.4, -0.2) is 24.0 Å². The average Bonchev–Trinajstić information content (AvgIpc) is 2.33. The molecular weight excluding hydrogens is 260 g/mol. The Bertz CT molecular complexity index is 464. The zero-order valence-corrected chi connectivity index (χ0v) is 12.5. The predicted molar refractivity (Wildman–Crippen MR) is 79.9 cm³/mol. The lowest BCUT2D eigenvalue weighted by molar-refractivity contribution is 0.182. The molecular formula is C15H21ClN2O. The van der Waals surface area contributed by atoms with Gasteiger partial charge in [0.25, 0.3) is 0 Å². The minimum Gasteiger partial charge on any atom is -0.324 e. The largest absolute Gasteiger partial charge is 0.324 e. The first-order valence-corrected chi connectivity index (χ1v) is 7.18. The van der Waals surface area contributed by atoms with Crippen LogP contribution < -0.4 is 5.32 Å². The molecule has 0 saturated carbocycles. The Balaban J connectivity index is 2.10. The fourth-order valence-electron chi connectivity index (χ4n) is 2.63. The van der Waals surface area contributed by atoms with E-state index < -0.39 is 0 Å². The zero-order valence-electron chi connectivity index (χ0n) is 11.8. The number of amides is 2. The molecule has 1 aliphatic heterocycles. The van der Waals surface area contributed by atoms with Crippen LogP contribution in [-0.2, 0) is 0 Å². The van der Waals surface area contributed by atoms with Gasteiger partial charge in [0.05, 0.1) is 10.7 Å². The Hall–Kier alpha value is -1.22. The van der Waals surface area contributed by atoms with Gasteiger partial charge in [-0.15, -0.1) is 0 Å². The zero-order chi connectivity index (χ0) is 14.0. The number of urea groups is 1. The van der Waals surface area contributed by atoms with E-state index >= 15 is 0 Å². The molecule has 0 radical (unpaired) electrons. The highest BCUT2D eigenvalue weighted by atomic mass is 35.5. The second-order valence-electron chi connectivity index (χ2n) is 5.56. The van der Waals surface area contributed by atoms with Crippen LogP contribution >= 0.6 is 11.6 Å². The monoisotopic (exact) mass is 280 g/mol. The Kier molecular flexibility index (Phi) is 4.35. The van der Waals surface area contributed by atoms with Gasteiger partial charge >= 0.3 is 6.03 Å². The third kappa shape index (κ3) is 3.41. The molecule has 1 saturated heterocycles. The lowest BCUT2D eigenvalue weighted by atomic mass is 10.0. The standard InChI is InChI=1S/C15H21ClN2O/c1-10-5-4-6-18(9-10)15(19)17-14-12(3)7-11(2)8-13(14)16/h7-8,10H,4-6,9H2,1-3H3,(H,17,19). The van der Waals surface area contributed by atoms with E-state index in [2.05, 4.69) is 12.2 Å². The van der Waals surface area contributed by atoms with Gasteiger partial charge in [-0.25, -0.2) is 4.79 Å². The number of hydrogen-bond donors (Lipinski definition) is 1. The van der Waals surface area contributed by atoms with Crippen molar-refractivity contribution in [3.05, 3.63) is 28.3 Å². The van der Waals surface area contributed by atoms with E-state index in [0.29, 0.717) is 10.9 Å². The van der Waals surface area contributed by atoms with E-state index in [-0.39, 0.29) is 6.03 Å². The lowest BCUT2D eigenvalue weighted by Gasteiger charge is -2.31. The minimum atomic E-state index is -0.0413. The van der Waals surface area contributed by atoms with Crippen LogP contribution in [0.25, 0.3) is 0 Å². The first-order valence-electron chi connectivity index (χ1n) is 6.80. The Labute approximate surface area is 119 Å². The van der Waals surface area contributed by atoms with Gasteiger partial charge in [-0.2, -0.15) is 0 Å². The molecule has 0 bridgehead atoms. The number of likely N-dealkylation sites (tertiary alicyclic amines) is 1. The molecule has 1 aliphatic rings. The van der Waals surface area contributed by atoms with Crippen LogP contribution in [0.2, 0.25) is 5.02 Å². The number of hydrogen-bond acceptors (Lipinski definition) is 1. The van der Waals surface area contributed by atoms with Crippen molar-refractivity contribution in [3.8, 4) is 0 Å². The SMILES string of the molecule is Cc1cc(C)c(NC(=O)N2CCCC(C)C2)c(Cl)c1. The fraction of sp³-hybridized carbons (Fsp3) is 0.533. The molecule has 0 spiro atoms. The van der Waals surface area contributed by atoms with Crippen LogP contribution in [0.1, 0.15) is 30.9 Å². The van der Waals surface area contributed by atoms with Gasteiger partial charge in [-0.1, -0.05) is 24.6 Å². The van der Waals surface area contributed by atoms with E-state index in [1.807, 2.05) is 30.9 Å². The number of rotatable bonds is 1. The first-order chi connectivity index (χ1) is 8.97. The molecule has 1 heterocycles. The summed E-state index contributed by atoms with van der Waals surface area (Å²) in [4.78, 5) is 14.1. The van der Waals surface area contributed by atoms with Crippen molar-refractivity contribution in [3.63, 3.8) is 0 Å². The number of piperidine rings is 1. The van der Waals surface area contributed by atoms with Gasteiger partial charge in [0.15, 0.2) is 0 Å². The smallest absolute Gasteiger partial charge is 0.321 e. The average molecular weight is 281 g/mol. The fourth-order valence-corrected chi connectivity index (χ4v) is 3.00. The summed E-state index contributed by atoms with van der Waals surface area (Å²) in [6, 6.07) is 3.86. The normalized spacial score (nSPS) is 19.4. The summed E-state index contributed by atoms with van der Waals surface area (Å²) in [5.74, 6) is 0.578. The summed E-state index contributed by atoms with van der Waals surface area (Å²) >= 11 is 6.21. The number of benzene rings is 1. The first kappa shape index (κ1) is 14.2. The molecule has 1 unspecified atom stereocenters. The molecule has 1 N–H and O–H groups in total. The summed E-state index contributed by atoms with van der Waals surface area (Å²) in [7, 11) is 0. The summed E-state index contributed by atoms with van der Waals surface area (Å²) in [5.41, 5.74) is 2.84. The highest BCUT2D eigenvalue weighted by Crippen LogP contribution is 2.28. The number of nitrogens with zero attached hydrogens (tertiary/aromatic N) is 1. The number of carbonyl (C=O) groups is 1. The molecule has 0 aliphatic carbocycles. The number of nitrogens with one attached hydrogen (secondary N) is 1. The third-order valence-corrected chi connectivity index (χ3v) is 3.91. The molecule has 1 aromatic rings. The van der Waals surface area contributed by atoms with E-state index in [4.69, 9.17) is 11.6 Å². The third-order valence-electron chi connectivity index (χ3n) is 3.61. The van der Waals surface area contributed by atoms with Gasteiger partial charge < -0.3 is 10.2 Å². The van der Waals surface area contributed by atoms with E-state index in [1.165, 1.54) is 6.42 Å². The van der Waals surface area contributed by atoms with Crippen molar-refractivity contribution >= 4 is 23.3 Å². The van der Waals surface area contributed by atoms with Crippen molar-refractivity contribution in [2.75, 3.05) is 18.4 Å². The molecule has 4 heteroatoms. The van der Waals surface area contributed by atoms with E-state index in [1.54, 1.807) is 0 Å². The Morgan fingerprint density at radius 1 is 1.42 bits per heavy atom. The number of anilines is 1. The topological polar surface area (TPSA) is 32.3 Å². The van der Waals surface area contributed by atoms with Gasteiger partial charge in [0.2, 0.25) is 0 Å². The van der Waals surface area contributed by atoms with Gasteiger partial charge in [0.1, 0.15) is 0 Å². The van der Waals surface area contributed by atoms with E-state index in [9.17, 15) is 4.79 Å². The summed E-state index contributed by atoms with van der Waals surface area (Å²) in [5, 5.41) is 3.56. The summed E-state index contributed by atoms with van der Waals surface area (Å²) < 4.78 is 0. The minimum absolute atomic E-state index is 0.0413. The van der Waals surface area contributed by atoms with Crippen LogP contribution in [0.4, 0.5) is 10.5 Å². The van der Waals surface area contributed by atoms with Crippen LogP contribution in [0.3, 0.4) is 0 Å². The van der Waals surface area contributed by atoms with Gasteiger partial charge in [0, 0.05) is 13.1 Å². The van der Waals surface area contributed by atoms with Gasteiger partial charge in [-0.05, 0) is 49.8 Å². The van der Waals surface area contributed by atoms with Crippen molar-refractivity contribution < 1.29 is 4.79 Å². The van der Waals surface area contributed by atoms with Crippen molar-refractivity contribution in [1.29, 1.82) is 0 Å². The Morgan fingerprint density at radius 2 is 2.16 bits per heavy atom. The quantitative estimate of drug-likeness (QED) is 0.821. The highest BCUT2D eigenvalue weighted by Gasteiger charge is 2.21. The molecule has 19 heavy (non-hydrogen) atoms. The molecule has 2 amide bonds. The van der Waals surface area contributed by atoms with Crippen molar-refractivity contribution in [2.24, 2.45) is 5.92 Å². The van der Waals surface area contributed by atoms with Crippen molar-refractivity contribution in [1.82, 2.24) is 4.90 Å². The molecule has 1 fully saturated rings. The number of aryl methyl sites for hydroxylation is 2.